The van der Waals surface area contributed by atoms with Gasteiger partial charge in [-0.05, 0) is 25.7 Å². The first-order valence-corrected chi connectivity index (χ1v) is 9.97. The third kappa shape index (κ3) is 4.15. The maximum atomic E-state index is 12.8. The molecular weight excluding hydrogens is 344 g/mol. The first-order valence-electron chi connectivity index (χ1n) is 9.97. The van der Waals surface area contributed by atoms with E-state index in [2.05, 4.69) is 5.32 Å². The molecule has 1 aromatic carbocycles. The number of nitrogens with one attached hydrogen (secondary N) is 1. The highest BCUT2D eigenvalue weighted by atomic mass is 16.5. The maximum Gasteiger partial charge on any atom is 0.312 e. The number of carbonyl (C=O) groups is 3. The van der Waals surface area contributed by atoms with Crippen LogP contribution in [0.15, 0.2) is 30.3 Å². The maximum absolute atomic E-state index is 12.8. The van der Waals surface area contributed by atoms with E-state index in [1.54, 1.807) is 12.1 Å². The third-order valence-corrected chi connectivity index (χ3v) is 5.76. The van der Waals surface area contributed by atoms with Crippen LogP contribution in [0, 0.1) is 5.92 Å². The minimum atomic E-state index is -0.963. The normalized spacial score (nSPS) is 24.1. The Morgan fingerprint density at radius 2 is 1.78 bits per heavy atom. The highest BCUT2D eigenvalue weighted by molar-refractivity contribution is 5.89. The second-order valence-corrected chi connectivity index (χ2v) is 7.90. The Balaban J connectivity index is 1.43. The molecule has 0 radical (unpaired) electrons. The number of benzene rings is 1. The van der Waals surface area contributed by atoms with Crippen LogP contribution in [-0.2, 0) is 19.1 Å². The highest BCUT2D eigenvalue weighted by Gasteiger charge is 2.41. The molecule has 1 aromatic rings. The number of rotatable bonds is 6. The van der Waals surface area contributed by atoms with E-state index in [0.29, 0.717) is 12.1 Å². The van der Waals surface area contributed by atoms with Crippen LogP contribution in [0.2, 0.25) is 0 Å². The molecular formula is C21H26N2O4. The Labute approximate surface area is 159 Å². The van der Waals surface area contributed by atoms with Crippen molar-refractivity contribution in [2.45, 2.75) is 63.1 Å². The number of hydrogen-bond donors (Lipinski definition) is 1. The summed E-state index contributed by atoms with van der Waals surface area (Å²) in [4.78, 5) is 39.6. The molecule has 1 heterocycles. The first kappa shape index (κ1) is 18.0. The fourth-order valence-electron chi connectivity index (χ4n) is 4.08. The zero-order valence-corrected chi connectivity index (χ0v) is 15.4. The zero-order chi connectivity index (χ0) is 18.8. The second kappa shape index (κ2) is 7.71. The minimum absolute atomic E-state index is 0.0301. The number of likely N-dealkylation sites (tertiary alicyclic amines) is 1. The molecule has 0 bridgehead atoms. The van der Waals surface area contributed by atoms with Crippen molar-refractivity contribution in [1.29, 1.82) is 0 Å². The molecule has 1 N–H and O–H groups in total. The van der Waals surface area contributed by atoms with Crippen LogP contribution in [0.25, 0.3) is 0 Å². The summed E-state index contributed by atoms with van der Waals surface area (Å²) < 4.78 is 5.64. The third-order valence-electron chi connectivity index (χ3n) is 5.76. The van der Waals surface area contributed by atoms with Crippen molar-refractivity contribution in [1.82, 2.24) is 10.2 Å². The van der Waals surface area contributed by atoms with Crippen molar-refractivity contribution in [3.8, 4) is 0 Å². The van der Waals surface area contributed by atoms with Gasteiger partial charge in [0, 0.05) is 30.6 Å². The Kier molecular flexibility index (Phi) is 5.14. The van der Waals surface area contributed by atoms with Gasteiger partial charge in [0.2, 0.25) is 12.0 Å². The van der Waals surface area contributed by atoms with E-state index in [1.165, 1.54) is 0 Å². The summed E-state index contributed by atoms with van der Waals surface area (Å²) in [7, 11) is 0. The van der Waals surface area contributed by atoms with Gasteiger partial charge in [-0.3, -0.25) is 14.4 Å². The van der Waals surface area contributed by atoms with Crippen molar-refractivity contribution in [3.05, 3.63) is 35.9 Å². The predicted octanol–water partition coefficient (Wildman–Crippen LogP) is 2.34. The Hall–Kier alpha value is -2.37. The molecule has 144 valence electrons. The van der Waals surface area contributed by atoms with Crippen LogP contribution < -0.4 is 5.32 Å². The number of hydrogen-bond acceptors (Lipinski definition) is 4. The summed E-state index contributed by atoms with van der Waals surface area (Å²) >= 11 is 0. The van der Waals surface area contributed by atoms with Crippen LogP contribution in [0.1, 0.15) is 56.6 Å². The predicted molar refractivity (Wildman–Crippen MR) is 98.5 cm³/mol. The molecule has 2 atom stereocenters. The fourth-order valence-corrected chi connectivity index (χ4v) is 4.08. The van der Waals surface area contributed by atoms with Gasteiger partial charge in [0.1, 0.15) is 0 Å². The monoisotopic (exact) mass is 370 g/mol. The highest BCUT2D eigenvalue weighted by Crippen LogP contribution is 2.31. The molecule has 0 unspecified atom stereocenters. The van der Waals surface area contributed by atoms with Gasteiger partial charge < -0.3 is 15.0 Å². The molecule has 2 amide bonds. The second-order valence-electron chi connectivity index (χ2n) is 7.90. The zero-order valence-electron chi connectivity index (χ0n) is 15.4. The number of nitrogens with zero attached hydrogens (tertiary/aromatic N) is 1. The molecule has 6 nitrogen and oxygen atoms in total. The van der Waals surface area contributed by atoms with Crippen LogP contribution in [-0.4, -0.2) is 41.3 Å². The summed E-state index contributed by atoms with van der Waals surface area (Å²) in [5.41, 5.74) is 0.654. The summed E-state index contributed by atoms with van der Waals surface area (Å²) in [5.74, 6) is -1.20. The molecule has 27 heavy (non-hydrogen) atoms. The molecule has 0 spiro atoms. The van der Waals surface area contributed by atoms with E-state index in [4.69, 9.17) is 4.74 Å². The van der Waals surface area contributed by atoms with Gasteiger partial charge in [-0.2, -0.15) is 0 Å². The molecule has 3 fully saturated rings. The van der Waals surface area contributed by atoms with Crippen molar-refractivity contribution in [3.63, 3.8) is 0 Å². The number of carbonyl (C=O) groups excluding carboxylic acids is 3. The van der Waals surface area contributed by atoms with E-state index in [1.807, 2.05) is 23.1 Å². The number of esters is 1. The summed E-state index contributed by atoms with van der Waals surface area (Å²) in [6, 6.07) is 9.52. The van der Waals surface area contributed by atoms with E-state index >= 15 is 0 Å². The molecule has 2 aliphatic carbocycles. The van der Waals surface area contributed by atoms with Crippen LogP contribution in [0.4, 0.5) is 0 Å². The van der Waals surface area contributed by atoms with Crippen LogP contribution >= 0.6 is 0 Å². The van der Waals surface area contributed by atoms with Gasteiger partial charge in [-0.15, -0.1) is 0 Å². The first-order chi connectivity index (χ1) is 13.1. The fraction of sp³-hybridized carbons (Fsp3) is 0.571. The number of amides is 2. The van der Waals surface area contributed by atoms with E-state index in [9.17, 15) is 14.4 Å². The molecule has 1 saturated heterocycles. The van der Waals surface area contributed by atoms with E-state index in [-0.39, 0.29) is 30.3 Å². The summed E-state index contributed by atoms with van der Waals surface area (Å²) in [6.07, 6.45) is 5.47. The SMILES string of the molecule is O=C(O[C@H](C(=O)NC1CC1)c1ccccc1)[C@@H]1CC(=O)N(C2CCCC2)C1. The molecule has 0 aromatic heterocycles. The summed E-state index contributed by atoms with van der Waals surface area (Å²) in [6.45, 7) is 0.411. The average molecular weight is 370 g/mol. The lowest BCUT2D eigenvalue weighted by molar-refractivity contribution is -0.160. The lowest BCUT2D eigenvalue weighted by Crippen LogP contribution is -2.36. The molecule has 4 rings (SSSR count). The van der Waals surface area contributed by atoms with Gasteiger partial charge >= 0.3 is 5.97 Å². The van der Waals surface area contributed by atoms with E-state index < -0.39 is 18.0 Å². The quantitative estimate of drug-likeness (QED) is 0.780. The summed E-state index contributed by atoms with van der Waals surface area (Å²) in [5, 5.41) is 2.92. The smallest absolute Gasteiger partial charge is 0.312 e. The van der Waals surface area contributed by atoms with Gasteiger partial charge in [0.15, 0.2) is 0 Å². The number of ether oxygens (including phenoxy) is 1. The Morgan fingerprint density at radius 1 is 1.07 bits per heavy atom. The van der Waals surface area contributed by atoms with Gasteiger partial charge in [-0.1, -0.05) is 43.2 Å². The van der Waals surface area contributed by atoms with Gasteiger partial charge in [0.05, 0.1) is 5.92 Å². The molecule has 1 aliphatic heterocycles. The molecule has 2 saturated carbocycles. The van der Waals surface area contributed by atoms with Gasteiger partial charge in [0.25, 0.3) is 5.91 Å². The van der Waals surface area contributed by atoms with Crippen LogP contribution in [0.3, 0.4) is 0 Å². The van der Waals surface area contributed by atoms with E-state index in [0.717, 1.165) is 38.5 Å². The Bertz CT molecular complexity index is 710. The standard InChI is InChI=1S/C21H26N2O4/c24-18-12-15(13-23(18)17-8-4-5-9-17)21(26)27-19(14-6-2-1-3-7-14)20(25)22-16-10-11-16/h1-3,6-7,15-17,19H,4-5,8-13H2,(H,22,25)/t15-,19+/m1/s1. The average Bonchev–Trinajstić information content (AvgIpc) is 3.17. The van der Waals surface area contributed by atoms with Crippen molar-refractivity contribution < 1.29 is 19.1 Å². The molecule has 6 heteroatoms. The lowest BCUT2D eigenvalue weighted by atomic mass is 10.1. The van der Waals surface area contributed by atoms with Crippen molar-refractivity contribution in [2.24, 2.45) is 5.92 Å². The largest absolute Gasteiger partial charge is 0.447 e. The topological polar surface area (TPSA) is 75.7 Å². The lowest BCUT2D eigenvalue weighted by Gasteiger charge is -2.24. The molecule has 3 aliphatic rings. The minimum Gasteiger partial charge on any atom is -0.447 e. The van der Waals surface area contributed by atoms with Crippen LogP contribution in [0.5, 0.6) is 0 Å². The van der Waals surface area contributed by atoms with Crippen molar-refractivity contribution >= 4 is 17.8 Å². The van der Waals surface area contributed by atoms with Gasteiger partial charge in [-0.25, -0.2) is 0 Å². The van der Waals surface area contributed by atoms with Crippen molar-refractivity contribution in [2.75, 3.05) is 6.54 Å². The Morgan fingerprint density at radius 3 is 2.44 bits per heavy atom.